The number of benzene rings is 2. The third-order valence-corrected chi connectivity index (χ3v) is 11.8. The van der Waals surface area contributed by atoms with Gasteiger partial charge in [-0.05, 0) is 119 Å². The van der Waals surface area contributed by atoms with E-state index in [4.69, 9.17) is 0 Å². The molecule has 0 radical (unpaired) electrons. The number of hydrogen-bond donors (Lipinski definition) is 0. The van der Waals surface area contributed by atoms with Gasteiger partial charge in [0.15, 0.2) is 0 Å². The first-order chi connectivity index (χ1) is 23.7. The molecule has 0 spiro atoms. The van der Waals surface area contributed by atoms with E-state index in [0.717, 1.165) is 18.3 Å². The Balaban J connectivity index is 0.000000673. The quantitative estimate of drug-likeness (QED) is 0.287. The summed E-state index contributed by atoms with van der Waals surface area (Å²) in [5, 5.41) is 0. The van der Waals surface area contributed by atoms with Gasteiger partial charge in [-0.15, -0.1) is 0 Å². The van der Waals surface area contributed by atoms with Crippen LogP contribution in [0, 0.1) is 24.7 Å². The second-order valence-corrected chi connectivity index (χ2v) is 19.0. The minimum absolute atomic E-state index is 0.241. The first kappa shape index (κ1) is 50.2. The zero-order chi connectivity index (χ0) is 40.9. The van der Waals surface area contributed by atoms with Crippen LogP contribution >= 0.6 is 0 Å². The number of aryl methyl sites for hydroxylation is 1. The maximum absolute atomic E-state index is 12.4. The predicted octanol–water partition coefficient (Wildman–Crippen LogP) is 17.5. The molecule has 0 heterocycles. The van der Waals surface area contributed by atoms with Crippen molar-refractivity contribution < 1.29 is 13.2 Å². The molecule has 2 fully saturated rings. The van der Waals surface area contributed by atoms with Crippen LogP contribution in [0.15, 0.2) is 30.3 Å². The van der Waals surface area contributed by atoms with Crippen LogP contribution in [0.1, 0.15) is 239 Å². The Bertz CT molecular complexity index is 1250. The lowest BCUT2D eigenvalue weighted by Gasteiger charge is -2.29. The van der Waals surface area contributed by atoms with E-state index in [0.29, 0.717) is 30.6 Å². The van der Waals surface area contributed by atoms with Crippen LogP contribution in [0.4, 0.5) is 13.2 Å². The van der Waals surface area contributed by atoms with Crippen LogP contribution in [0.5, 0.6) is 0 Å². The molecule has 0 nitrogen and oxygen atoms in total. The molecule has 0 amide bonds. The largest absolute Gasteiger partial charge is 0.394 e. The molecule has 0 N–H and O–H groups in total. The maximum atomic E-state index is 12.4. The van der Waals surface area contributed by atoms with Gasteiger partial charge in [-0.2, -0.15) is 13.2 Å². The molecule has 2 aliphatic carbocycles. The summed E-state index contributed by atoms with van der Waals surface area (Å²) in [5.74, 6) is 1.86. The Hall–Kier alpha value is -1.77. The van der Waals surface area contributed by atoms with Crippen LogP contribution in [-0.4, -0.2) is 6.18 Å². The fourth-order valence-corrected chi connectivity index (χ4v) is 7.68. The molecular formula is C49H85F3. The number of alkyl halides is 3. The summed E-state index contributed by atoms with van der Waals surface area (Å²) >= 11 is 0. The van der Waals surface area contributed by atoms with E-state index in [9.17, 15) is 13.2 Å². The molecule has 2 aliphatic rings. The highest BCUT2D eigenvalue weighted by Gasteiger charge is 2.54. The molecule has 0 unspecified atom stereocenters. The van der Waals surface area contributed by atoms with Crippen molar-refractivity contribution in [1.29, 1.82) is 0 Å². The average molecular weight is 731 g/mol. The lowest BCUT2D eigenvalue weighted by molar-refractivity contribution is -0.223. The van der Waals surface area contributed by atoms with Crippen LogP contribution in [0.25, 0.3) is 0 Å². The van der Waals surface area contributed by atoms with Gasteiger partial charge in [0, 0.05) is 0 Å². The molecule has 0 aromatic heterocycles. The van der Waals surface area contributed by atoms with E-state index in [-0.39, 0.29) is 17.3 Å². The summed E-state index contributed by atoms with van der Waals surface area (Å²) in [7, 11) is 0. The van der Waals surface area contributed by atoms with E-state index < -0.39 is 11.6 Å². The van der Waals surface area contributed by atoms with Gasteiger partial charge in [0.25, 0.3) is 0 Å². The highest BCUT2D eigenvalue weighted by molar-refractivity contribution is 5.42. The van der Waals surface area contributed by atoms with Gasteiger partial charge in [-0.3, -0.25) is 0 Å². The normalized spacial score (nSPS) is 16.6. The van der Waals surface area contributed by atoms with Crippen LogP contribution in [0.3, 0.4) is 0 Å². The fraction of sp³-hybridized carbons (Fsp3) is 0.755. The van der Waals surface area contributed by atoms with E-state index >= 15 is 0 Å². The summed E-state index contributed by atoms with van der Waals surface area (Å²) in [4.78, 5) is 0. The standard InChI is InChI=1S/C16H26.C15H24.C8H13F3.C8H16.C2H6/c1-10(2)14-8-15(11(3)4)13(7)16(9-14)12(5)6;1-11-8-9-12(14(2,3)4)10-13(11)15(5,6)7;1-2-7(8(9,10)11)5-3-4-6-7;1-3-8(2)6-4-5-7-8;1-2/h8-12H,1-7H3;8-10H,1-7H3;2-6H2,1H3;3-7H2,1-2H3;1-2H3. The Labute approximate surface area is 322 Å². The molecule has 0 atom stereocenters. The van der Waals surface area contributed by atoms with Crippen molar-refractivity contribution in [2.24, 2.45) is 10.8 Å². The van der Waals surface area contributed by atoms with Gasteiger partial charge in [0.1, 0.15) is 0 Å². The summed E-state index contributed by atoms with van der Waals surface area (Å²) in [6.07, 6.45) is 5.73. The number of halogens is 3. The van der Waals surface area contributed by atoms with Crippen molar-refractivity contribution in [2.45, 2.75) is 231 Å². The van der Waals surface area contributed by atoms with Crippen molar-refractivity contribution in [1.82, 2.24) is 0 Å². The van der Waals surface area contributed by atoms with Gasteiger partial charge in [0.05, 0.1) is 5.41 Å². The number of rotatable bonds is 5. The van der Waals surface area contributed by atoms with Gasteiger partial charge < -0.3 is 0 Å². The SMILES string of the molecule is CC.CCC1(C(F)(F)F)CCCC1.CCC1(C)CCCC1.Cc1c(C(C)C)cc(C(C)C)cc1C(C)C.Cc1ccc(C(C)(C)C)cc1C(C)(C)C. The molecule has 2 saturated carbocycles. The van der Waals surface area contributed by atoms with Crippen LogP contribution < -0.4 is 0 Å². The van der Waals surface area contributed by atoms with Gasteiger partial charge >= 0.3 is 6.18 Å². The monoisotopic (exact) mass is 731 g/mol. The maximum Gasteiger partial charge on any atom is 0.394 e. The Kier molecular flexibility index (Phi) is 20.6. The highest BCUT2D eigenvalue weighted by Crippen LogP contribution is 2.52. The molecule has 0 bridgehead atoms. The molecule has 52 heavy (non-hydrogen) atoms. The fourth-order valence-electron chi connectivity index (χ4n) is 7.68. The Morgan fingerprint density at radius 1 is 0.615 bits per heavy atom. The lowest BCUT2D eigenvalue weighted by Crippen LogP contribution is -2.34. The van der Waals surface area contributed by atoms with Crippen LogP contribution in [0.2, 0.25) is 0 Å². The molecule has 302 valence electrons. The number of hydrogen-bond acceptors (Lipinski definition) is 0. The molecule has 4 rings (SSSR count). The lowest BCUT2D eigenvalue weighted by atomic mass is 9.79. The van der Waals surface area contributed by atoms with Crippen LogP contribution in [-0.2, 0) is 10.8 Å². The van der Waals surface area contributed by atoms with E-state index in [1.165, 1.54) is 71.0 Å². The zero-order valence-electron chi connectivity index (χ0n) is 37.8. The second-order valence-electron chi connectivity index (χ2n) is 19.0. The van der Waals surface area contributed by atoms with Gasteiger partial charge in [0.2, 0.25) is 0 Å². The third kappa shape index (κ3) is 15.2. The molecule has 0 aliphatic heterocycles. The summed E-state index contributed by atoms with van der Waals surface area (Å²) in [6, 6.07) is 11.7. The Morgan fingerprint density at radius 3 is 1.31 bits per heavy atom. The zero-order valence-corrected chi connectivity index (χ0v) is 37.8. The molecule has 0 saturated heterocycles. The Morgan fingerprint density at radius 2 is 1.04 bits per heavy atom. The highest BCUT2D eigenvalue weighted by atomic mass is 19.4. The van der Waals surface area contributed by atoms with Gasteiger partial charge in [-0.1, -0.05) is 180 Å². The smallest absolute Gasteiger partial charge is 0.171 e. The molecular weight excluding hydrogens is 646 g/mol. The first-order valence-electron chi connectivity index (χ1n) is 21.1. The topological polar surface area (TPSA) is 0 Å². The summed E-state index contributed by atoms with van der Waals surface area (Å²) in [5.41, 5.74) is 10.2. The molecule has 3 heteroatoms. The van der Waals surface area contributed by atoms with Crippen molar-refractivity contribution in [2.75, 3.05) is 0 Å². The molecule has 2 aromatic carbocycles. The summed E-state index contributed by atoms with van der Waals surface area (Å²) in [6.45, 7) is 42.2. The van der Waals surface area contributed by atoms with Crippen molar-refractivity contribution in [3.8, 4) is 0 Å². The second kappa shape index (κ2) is 21.4. The van der Waals surface area contributed by atoms with Crippen molar-refractivity contribution in [3.05, 3.63) is 69.3 Å². The van der Waals surface area contributed by atoms with E-state index in [1.54, 1.807) is 6.92 Å². The van der Waals surface area contributed by atoms with E-state index in [1.807, 2.05) is 13.8 Å². The average Bonchev–Trinajstić information content (AvgIpc) is 3.72. The van der Waals surface area contributed by atoms with E-state index in [2.05, 4.69) is 141 Å². The first-order valence-corrected chi connectivity index (χ1v) is 21.1. The van der Waals surface area contributed by atoms with Gasteiger partial charge in [-0.25, -0.2) is 0 Å². The minimum Gasteiger partial charge on any atom is -0.171 e. The van der Waals surface area contributed by atoms with Crippen molar-refractivity contribution in [3.63, 3.8) is 0 Å². The van der Waals surface area contributed by atoms with Crippen molar-refractivity contribution >= 4 is 0 Å². The third-order valence-electron chi connectivity index (χ3n) is 11.8. The summed E-state index contributed by atoms with van der Waals surface area (Å²) < 4.78 is 37.2. The minimum atomic E-state index is -3.97. The predicted molar refractivity (Wildman–Crippen MR) is 227 cm³/mol. The molecule has 2 aromatic rings.